The highest BCUT2D eigenvalue weighted by Gasteiger charge is 2.33. The lowest BCUT2D eigenvalue weighted by atomic mass is 10.0. The molecule has 2 aromatic heterocycles. The zero-order valence-electron chi connectivity index (χ0n) is 17.4. The third-order valence-corrected chi connectivity index (χ3v) is 5.75. The van der Waals surface area contributed by atoms with Crippen LogP contribution in [-0.4, -0.2) is 56.1 Å². The summed E-state index contributed by atoms with van der Waals surface area (Å²) in [6.45, 7) is 0.0395. The first-order valence-electron chi connectivity index (χ1n) is 10.3. The Morgan fingerprint density at radius 2 is 2.10 bits per heavy atom. The van der Waals surface area contributed by atoms with Gasteiger partial charge < -0.3 is 15.0 Å². The van der Waals surface area contributed by atoms with Crippen LogP contribution in [0.25, 0.3) is 0 Å². The van der Waals surface area contributed by atoms with E-state index < -0.39 is 11.9 Å². The Labute approximate surface area is 178 Å². The minimum absolute atomic E-state index is 0.00465. The van der Waals surface area contributed by atoms with Crippen molar-refractivity contribution in [1.29, 1.82) is 0 Å². The second-order valence-electron chi connectivity index (χ2n) is 7.85. The van der Waals surface area contributed by atoms with E-state index in [1.807, 2.05) is 36.3 Å². The molecule has 2 atom stereocenters. The smallest absolute Gasteiger partial charge is 0.291 e. The first kappa shape index (κ1) is 19.3. The maximum atomic E-state index is 12.9. The van der Waals surface area contributed by atoms with Crippen molar-refractivity contribution in [1.82, 2.24) is 29.9 Å². The van der Waals surface area contributed by atoms with Crippen molar-refractivity contribution in [3.05, 3.63) is 53.9 Å². The Hall–Kier alpha value is -3.69. The van der Waals surface area contributed by atoms with Crippen LogP contribution >= 0.6 is 0 Å². The molecule has 0 saturated carbocycles. The first-order chi connectivity index (χ1) is 15.0. The summed E-state index contributed by atoms with van der Waals surface area (Å²) in [6.07, 6.45) is 6.38. The second-order valence-corrected chi connectivity index (χ2v) is 7.85. The quantitative estimate of drug-likeness (QED) is 0.679. The fourth-order valence-electron chi connectivity index (χ4n) is 4.15. The van der Waals surface area contributed by atoms with E-state index in [0.717, 1.165) is 30.7 Å². The van der Waals surface area contributed by atoms with Crippen LogP contribution < -0.4 is 15.0 Å². The number of hydrogen-bond acceptors (Lipinski definition) is 6. The SMILES string of the molecule is CN1C(=O)[C@@H](NC(=O)c2nc3n(n2)[C@H](c2cnn(C)c2)CCC3)COc2ccccc21. The summed E-state index contributed by atoms with van der Waals surface area (Å²) >= 11 is 0. The molecule has 0 unspecified atom stereocenters. The second kappa shape index (κ2) is 7.53. The van der Waals surface area contributed by atoms with Gasteiger partial charge in [-0.1, -0.05) is 12.1 Å². The number of aromatic nitrogens is 5. The maximum absolute atomic E-state index is 12.9. The molecule has 3 aromatic rings. The van der Waals surface area contributed by atoms with Crippen LogP contribution in [0.4, 0.5) is 5.69 Å². The number of likely N-dealkylation sites (N-methyl/N-ethyl adjacent to an activating group) is 1. The number of benzene rings is 1. The van der Waals surface area contributed by atoms with Gasteiger partial charge in [0.15, 0.2) is 0 Å². The largest absolute Gasteiger partial charge is 0.489 e. The number of nitrogens with zero attached hydrogens (tertiary/aromatic N) is 6. The topological polar surface area (TPSA) is 107 Å². The summed E-state index contributed by atoms with van der Waals surface area (Å²) in [4.78, 5) is 31.8. The zero-order valence-corrected chi connectivity index (χ0v) is 17.4. The van der Waals surface area contributed by atoms with E-state index in [9.17, 15) is 9.59 Å². The van der Waals surface area contributed by atoms with Gasteiger partial charge in [-0.2, -0.15) is 5.10 Å². The molecule has 0 fully saturated rings. The number of para-hydroxylation sites is 2. The number of hydrogen-bond donors (Lipinski definition) is 1. The van der Waals surface area contributed by atoms with Crippen LogP contribution in [0.2, 0.25) is 0 Å². The number of aryl methyl sites for hydroxylation is 2. The molecule has 5 rings (SSSR count). The summed E-state index contributed by atoms with van der Waals surface area (Å²) in [6, 6.07) is 6.44. The Balaban J connectivity index is 1.36. The Morgan fingerprint density at radius 3 is 2.90 bits per heavy atom. The molecule has 2 aliphatic heterocycles. The van der Waals surface area contributed by atoms with Gasteiger partial charge >= 0.3 is 0 Å². The van der Waals surface area contributed by atoms with Gasteiger partial charge in [0.2, 0.25) is 5.82 Å². The molecule has 4 heterocycles. The van der Waals surface area contributed by atoms with Crippen LogP contribution in [0.3, 0.4) is 0 Å². The summed E-state index contributed by atoms with van der Waals surface area (Å²) in [5.41, 5.74) is 1.70. The molecule has 0 radical (unpaired) electrons. The van der Waals surface area contributed by atoms with Crippen molar-refractivity contribution >= 4 is 17.5 Å². The number of fused-ring (bicyclic) bond motifs is 2. The van der Waals surface area contributed by atoms with Crippen LogP contribution in [0, 0.1) is 0 Å². The van der Waals surface area contributed by atoms with Gasteiger partial charge in [-0.05, 0) is 25.0 Å². The summed E-state index contributed by atoms with van der Waals surface area (Å²) in [5.74, 6) is 0.676. The normalized spacial score (nSPS) is 20.5. The molecule has 0 saturated heterocycles. The standard InChI is InChI=1S/C21H23N7O3/c1-26-11-13(10-22-26)15-7-5-9-18-24-19(25-28(15)18)20(29)23-14-12-31-17-8-4-3-6-16(17)27(2)21(14)30/h3-4,6,8,10-11,14-15H,5,7,9,12H2,1-2H3,(H,23,29)/t14-,15-/m0/s1. The van der Waals surface area contributed by atoms with Crippen molar-refractivity contribution in [3.8, 4) is 5.75 Å². The fraction of sp³-hybridized carbons (Fsp3) is 0.381. The number of amides is 2. The van der Waals surface area contributed by atoms with E-state index in [1.165, 1.54) is 4.90 Å². The summed E-state index contributed by atoms with van der Waals surface area (Å²) in [7, 11) is 3.54. The number of carbonyl (C=O) groups excluding carboxylic acids is 2. The van der Waals surface area contributed by atoms with Crippen molar-refractivity contribution in [2.75, 3.05) is 18.6 Å². The minimum Gasteiger partial charge on any atom is -0.489 e. The van der Waals surface area contributed by atoms with Gasteiger partial charge in [-0.3, -0.25) is 14.3 Å². The molecule has 160 valence electrons. The molecule has 0 spiro atoms. The van der Waals surface area contributed by atoms with E-state index in [-0.39, 0.29) is 24.4 Å². The third kappa shape index (κ3) is 3.43. The number of anilines is 1. The highest BCUT2D eigenvalue weighted by molar-refractivity contribution is 6.02. The maximum Gasteiger partial charge on any atom is 0.291 e. The molecule has 1 N–H and O–H groups in total. The molecule has 0 bridgehead atoms. The molecule has 2 aliphatic rings. The lowest BCUT2D eigenvalue weighted by Crippen LogP contribution is -2.49. The van der Waals surface area contributed by atoms with E-state index in [2.05, 4.69) is 20.5 Å². The third-order valence-electron chi connectivity index (χ3n) is 5.75. The molecular weight excluding hydrogens is 398 g/mol. The average molecular weight is 421 g/mol. The lowest BCUT2D eigenvalue weighted by molar-refractivity contribution is -0.120. The number of carbonyl (C=O) groups is 2. The van der Waals surface area contributed by atoms with E-state index in [4.69, 9.17) is 4.74 Å². The van der Waals surface area contributed by atoms with Crippen molar-refractivity contribution in [3.63, 3.8) is 0 Å². The highest BCUT2D eigenvalue weighted by Crippen LogP contribution is 2.31. The van der Waals surface area contributed by atoms with E-state index >= 15 is 0 Å². The predicted molar refractivity (Wildman–Crippen MR) is 111 cm³/mol. The molecule has 2 amide bonds. The van der Waals surface area contributed by atoms with Crippen molar-refractivity contribution < 1.29 is 14.3 Å². The monoisotopic (exact) mass is 421 g/mol. The van der Waals surface area contributed by atoms with Crippen LogP contribution in [0.1, 0.15) is 40.9 Å². The average Bonchev–Trinajstić information content (AvgIpc) is 3.39. The Kier molecular flexibility index (Phi) is 4.68. The number of nitrogens with one attached hydrogen (secondary N) is 1. The van der Waals surface area contributed by atoms with Gasteiger partial charge in [0.05, 0.1) is 17.9 Å². The van der Waals surface area contributed by atoms with E-state index in [1.54, 1.807) is 23.9 Å². The van der Waals surface area contributed by atoms with Crippen LogP contribution in [0.15, 0.2) is 36.7 Å². The molecule has 10 heteroatoms. The van der Waals surface area contributed by atoms with Gasteiger partial charge in [-0.15, -0.1) is 5.10 Å². The van der Waals surface area contributed by atoms with Gasteiger partial charge in [0.25, 0.3) is 11.8 Å². The predicted octanol–water partition coefficient (Wildman–Crippen LogP) is 1.09. The summed E-state index contributed by atoms with van der Waals surface area (Å²) in [5, 5.41) is 11.5. The lowest BCUT2D eigenvalue weighted by Gasteiger charge is -2.22. The fourth-order valence-corrected chi connectivity index (χ4v) is 4.15. The minimum atomic E-state index is -0.834. The molecule has 31 heavy (non-hydrogen) atoms. The Morgan fingerprint density at radius 1 is 1.26 bits per heavy atom. The van der Waals surface area contributed by atoms with Crippen molar-refractivity contribution in [2.24, 2.45) is 7.05 Å². The van der Waals surface area contributed by atoms with Gasteiger partial charge in [0, 0.05) is 32.3 Å². The van der Waals surface area contributed by atoms with Gasteiger partial charge in [-0.25, -0.2) is 9.67 Å². The van der Waals surface area contributed by atoms with E-state index in [0.29, 0.717) is 11.4 Å². The number of rotatable bonds is 3. The molecule has 0 aliphatic carbocycles. The number of ether oxygens (including phenoxy) is 1. The van der Waals surface area contributed by atoms with Gasteiger partial charge in [0.1, 0.15) is 24.2 Å². The Bertz CT molecular complexity index is 1150. The first-order valence-corrected chi connectivity index (χ1v) is 10.3. The molecule has 1 aromatic carbocycles. The van der Waals surface area contributed by atoms with Crippen molar-refractivity contribution in [2.45, 2.75) is 31.3 Å². The molecule has 10 nitrogen and oxygen atoms in total. The molecular formula is C21H23N7O3. The zero-order chi connectivity index (χ0) is 21.5. The van der Waals surface area contributed by atoms with Crippen LogP contribution in [-0.2, 0) is 18.3 Å². The highest BCUT2D eigenvalue weighted by atomic mass is 16.5. The summed E-state index contributed by atoms with van der Waals surface area (Å²) < 4.78 is 9.32. The van der Waals surface area contributed by atoms with Crippen LogP contribution in [0.5, 0.6) is 5.75 Å².